The lowest BCUT2D eigenvalue weighted by Crippen LogP contribution is -2.30. The second-order valence-electron chi connectivity index (χ2n) is 4.73. The number of carbonyl (C=O) groups excluding carboxylic acids is 1. The van der Waals surface area contributed by atoms with E-state index in [0.29, 0.717) is 24.5 Å². The first-order valence-corrected chi connectivity index (χ1v) is 7.12. The molecule has 0 saturated carbocycles. The van der Waals surface area contributed by atoms with E-state index in [1.807, 2.05) is 0 Å². The zero-order valence-electron chi connectivity index (χ0n) is 11.9. The monoisotopic (exact) mass is 346 g/mol. The first-order chi connectivity index (χ1) is 10.8. The highest BCUT2D eigenvalue weighted by atomic mass is 35.5. The van der Waals surface area contributed by atoms with Gasteiger partial charge in [0.25, 0.3) is 0 Å². The number of alkyl halides is 3. The maximum atomic E-state index is 12.6. The van der Waals surface area contributed by atoms with E-state index in [9.17, 15) is 18.0 Å². The number of nitrogens with zero attached hydrogens (tertiary/aromatic N) is 2. The van der Waals surface area contributed by atoms with Crippen molar-refractivity contribution in [3.8, 4) is 0 Å². The molecule has 0 saturated heterocycles. The number of benzene rings is 1. The fourth-order valence-corrected chi connectivity index (χ4v) is 2.01. The molecule has 2 amide bonds. The van der Waals surface area contributed by atoms with Gasteiger partial charge in [0, 0.05) is 25.0 Å². The normalized spacial score (nSPS) is 11.3. The number of aromatic nitrogens is 2. The lowest BCUT2D eigenvalue weighted by Gasteiger charge is -2.10. The summed E-state index contributed by atoms with van der Waals surface area (Å²) in [5, 5.41) is 9.44. The van der Waals surface area contributed by atoms with Gasteiger partial charge in [0.15, 0.2) is 0 Å². The zero-order valence-corrected chi connectivity index (χ0v) is 12.7. The smallest absolute Gasteiger partial charge is 0.338 e. The second-order valence-corrected chi connectivity index (χ2v) is 5.17. The van der Waals surface area contributed by atoms with Crippen LogP contribution in [0.15, 0.2) is 36.7 Å². The van der Waals surface area contributed by atoms with Crippen LogP contribution >= 0.6 is 11.6 Å². The molecule has 0 radical (unpaired) electrons. The molecule has 0 spiro atoms. The number of halogens is 4. The molecule has 0 aliphatic rings. The summed E-state index contributed by atoms with van der Waals surface area (Å²) in [6, 6.07) is 3.88. The van der Waals surface area contributed by atoms with E-state index in [4.69, 9.17) is 11.6 Å². The van der Waals surface area contributed by atoms with Gasteiger partial charge in [0.1, 0.15) is 0 Å². The maximum absolute atomic E-state index is 12.6. The molecule has 124 valence electrons. The number of hydrogen-bond donors (Lipinski definition) is 2. The molecule has 0 aliphatic carbocycles. The molecule has 9 heteroatoms. The minimum Gasteiger partial charge on any atom is -0.338 e. The van der Waals surface area contributed by atoms with Crippen molar-refractivity contribution in [3.63, 3.8) is 0 Å². The molecular formula is C14H14ClF3N4O. The first kappa shape index (κ1) is 17.1. The van der Waals surface area contributed by atoms with Crippen molar-refractivity contribution in [1.29, 1.82) is 0 Å². The summed E-state index contributed by atoms with van der Waals surface area (Å²) >= 11 is 5.72. The molecule has 2 aromatic rings. The van der Waals surface area contributed by atoms with Crippen molar-refractivity contribution in [2.45, 2.75) is 19.1 Å². The van der Waals surface area contributed by atoms with Gasteiger partial charge in [-0.3, -0.25) is 4.68 Å². The fraction of sp³-hybridized carbons (Fsp3) is 0.286. The molecule has 0 fully saturated rings. The minimum absolute atomic E-state index is 0.0798. The van der Waals surface area contributed by atoms with E-state index in [1.165, 1.54) is 18.3 Å². The summed E-state index contributed by atoms with van der Waals surface area (Å²) in [6.45, 7) is 0.916. The predicted molar refractivity (Wildman–Crippen MR) is 80.3 cm³/mol. The maximum Gasteiger partial charge on any atom is 0.416 e. The largest absolute Gasteiger partial charge is 0.416 e. The second kappa shape index (κ2) is 7.36. The fourth-order valence-electron chi connectivity index (χ4n) is 1.85. The van der Waals surface area contributed by atoms with Gasteiger partial charge in [-0.25, -0.2) is 4.79 Å². The molecule has 2 rings (SSSR count). The van der Waals surface area contributed by atoms with E-state index < -0.39 is 17.8 Å². The molecule has 1 heterocycles. The highest BCUT2D eigenvalue weighted by Gasteiger charge is 2.30. The first-order valence-electron chi connectivity index (χ1n) is 6.74. The Labute approximate surface area is 135 Å². The number of hydrogen-bond acceptors (Lipinski definition) is 2. The van der Waals surface area contributed by atoms with Gasteiger partial charge in [-0.2, -0.15) is 18.3 Å². The van der Waals surface area contributed by atoms with Gasteiger partial charge in [0.2, 0.25) is 0 Å². The Morgan fingerprint density at radius 1 is 1.35 bits per heavy atom. The average molecular weight is 347 g/mol. The van der Waals surface area contributed by atoms with Crippen LogP contribution in [0, 0.1) is 0 Å². The Bertz CT molecular complexity index is 672. The number of urea groups is 1. The molecule has 0 aliphatic heterocycles. The highest BCUT2D eigenvalue weighted by Crippen LogP contribution is 2.30. The summed E-state index contributed by atoms with van der Waals surface area (Å²) in [4.78, 5) is 11.6. The molecule has 5 nitrogen and oxygen atoms in total. The average Bonchev–Trinajstić information content (AvgIpc) is 2.89. The Hall–Kier alpha value is -2.22. The summed E-state index contributed by atoms with van der Waals surface area (Å²) in [5.74, 6) is 0. The molecule has 1 aromatic heterocycles. The van der Waals surface area contributed by atoms with Crippen LogP contribution in [0.3, 0.4) is 0 Å². The van der Waals surface area contributed by atoms with Gasteiger partial charge in [-0.05, 0) is 24.6 Å². The minimum atomic E-state index is -4.45. The van der Waals surface area contributed by atoms with E-state index in [-0.39, 0.29) is 5.69 Å². The molecule has 0 atom stereocenters. The van der Waals surface area contributed by atoms with E-state index in [1.54, 1.807) is 10.9 Å². The topological polar surface area (TPSA) is 59.0 Å². The van der Waals surface area contributed by atoms with Crippen molar-refractivity contribution in [2.75, 3.05) is 11.9 Å². The number of carbonyl (C=O) groups is 1. The van der Waals surface area contributed by atoms with Crippen LogP contribution in [-0.4, -0.2) is 22.4 Å². The van der Waals surface area contributed by atoms with Crippen LogP contribution < -0.4 is 10.6 Å². The quantitative estimate of drug-likeness (QED) is 0.810. The van der Waals surface area contributed by atoms with Crippen LogP contribution in [0.4, 0.5) is 23.7 Å². The third kappa shape index (κ3) is 5.48. The zero-order chi connectivity index (χ0) is 16.9. The van der Waals surface area contributed by atoms with Crippen LogP contribution in [-0.2, 0) is 12.7 Å². The van der Waals surface area contributed by atoms with Crippen molar-refractivity contribution < 1.29 is 18.0 Å². The Morgan fingerprint density at radius 2 is 2.13 bits per heavy atom. The molecule has 2 N–H and O–H groups in total. The van der Waals surface area contributed by atoms with Crippen molar-refractivity contribution in [3.05, 3.63) is 47.2 Å². The predicted octanol–water partition coefficient (Wildman–Crippen LogP) is 3.77. The molecule has 0 unspecified atom stereocenters. The standard InChI is InChI=1S/C14H14ClF3N4O/c15-11-8-20-22(9-11)6-2-5-19-13(23)21-12-4-1-3-10(7-12)14(16,17)18/h1,3-4,7-9H,2,5-6H2,(H2,19,21,23). The Morgan fingerprint density at radius 3 is 2.78 bits per heavy atom. The molecule has 0 bridgehead atoms. The van der Waals surface area contributed by atoms with E-state index in [2.05, 4.69) is 15.7 Å². The third-order valence-corrected chi connectivity index (χ3v) is 3.09. The van der Waals surface area contributed by atoms with Crippen molar-refractivity contribution in [2.24, 2.45) is 0 Å². The van der Waals surface area contributed by atoms with Gasteiger partial charge in [-0.15, -0.1) is 0 Å². The summed E-state index contributed by atoms with van der Waals surface area (Å²) in [5.41, 5.74) is -0.734. The van der Waals surface area contributed by atoms with Gasteiger partial charge in [-0.1, -0.05) is 17.7 Å². The summed E-state index contributed by atoms with van der Waals surface area (Å²) in [7, 11) is 0. The van der Waals surface area contributed by atoms with Crippen LogP contribution in [0.1, 0.15) is 12.0 Å². The number of aryl methyl sites for hydroxylation is 1. The SMILES string of the molecule is O=C(NCCCn1cc(Cl)cn1)Nc1cccc(C(F)(F)F)c1. The number of rotatable bonds is 5. The number of nitrogens with one attached hydrogen (secondary N) is 2. The summed E-state index contributed by atoms with van der Waals surface area (Å²) in [6.07, 6.45) is -0.674. The third-order valence-electron chi connectivity index (χ3n) is 2.90. The van der Waals surface area contributed by atoms with Crippen LogP contribution in [0.2, 0.25) is 5.02 Å². The molecular weight excluding hydrogens is 333 g/mol. The number of amides is 2. The van der Waals surface area contributed by atoms with Crippen molar-refractivity contribution >= 4 is 23.3 Å². The van der Waals surface area contributed by atoms with E-state index in [0.717, 1.165) is 12.1 Å². The summed E-state index contributed by atoms with van der Waals surface area (Å²) < 4.78 is 39.3. The lowest BCUT2D eigenvalue weighted by atomic mass is 10.2. The highest BCUT2D eigenvalue weighted by molar-refractivity contribution is 6.30. The van der Waals surface area contributed by atoms with Gasteiger partial charge in [0.05, 0.1) is 16.8 Å². The Balaban J connectivity index is 1.76. The van der Waals surface area contributed by atoms with Gasteiger partial charge < -0.3 is 10.6 Å². The van der Waals surface area contributed by atoms with E-state index >= 15 is 0 Å². The Kier molecular flexibility index (Phi) is 5.49. The van der Waals surface area contributed by atoms with Crippen molar-refractivity contribution in [1.82, 2.24) is 15.1 Å². The number of anilines is 1. The van der Waals surface area contributed by atoms with Crippen LogP contribution in [0.25, 0.3) is 0 Å². The van der Waals surface area contributed by atoms with Crippen LogP contribution in [0.5, 0.6) is 0 Å². The van der Waals surface area contributed by atoms with Gasteiger partial charge >= 0.3 is 12.2 Å². The molecule has 23 heavy (non-hydrogen) atoms. The lowest BCUT2D eigenvalue weighted by molar-refractivity contribution is -0.137. The molecule has 1 aromatic carbocycles.